The van der Waals surface area contributed by atoms with E-state index in [1.54, 1.807) is 19.1 Å². The highest BCUT2D eigenvalue weighted by Gasteiger charge is 2.04. The van der Waals surface area contributed by atoms with Crippen molar-refractivity contribution in [2.75, 3.05) is 13.2 Å². The number of ether oxygens (including phenoxy) is 1. The Labute approximate surface area is 128 Å². The average Bonchev–Trinajstić information content (AvgIpc) is 3.01. The molecule has 0 atom stereocenters. The van der Waals surface area contributed by atoms with E-state index in [0.29, 0.717) is 12.4 Å². The quantitative estimate of drug-likeness (QED) is 0.657. The number of nitrogens with one attached hydrogen (secondary N) is 1. The van der Waals surface area contributed by atoms with Crippen molar-refractivity contribution in [1.82, 2.24) is 5.32 Å². The van der Waals surface area contributed by atoms with Gasteiger partial charge in [-0.3, -0.25) is 9.59 Å². The van der Waals surface area contributed by atoms with Gasteiger partial charge in [-0.15, -0.1) is 0 Å². The number of carbonyl (C=O) groups excluding carboxylic acids is 2. The van der Waals surface area contributed by atoms with Gasteiger partial charge in [0.2, 0.25) is 5.91 Å². The minimum absolute atomic E-state index is 0.148. The van der Waals surface area contributed by atoms with Crippen LogP contribution in [0.4, 0.5) is 0 Å². The molecule has 5 nitrogen and oxygen atoms in total. The van der Waals surface area contributed by atoms with Crippen molar-refractivity contribution in [1.29, 1.82) is 0 Å². The average molecular weight is 299 g/mol. The molecule has 0 aliphatic heterocycles. The summed E-state index contributed by atoms with van der Waals surface area (Å²) < 4.78 is 10.3. The van der Waals surface area contributed by atoms with Crippen LogP contribution in [-0.2, 0) is 14.3 Å². The summed E-state index contributed by atoms with van der Waals surface area (Å²) in [4.78, 5) is 22.7. The highest BCUT2D eigenvalue weighted by Crippen LogP contribution is 2.22. The van der Waals surface area contributed by atoms with Crippen LogP contribution in [0.2, 0.25) is 0 Å². The fourth-order valence-corrected chi connectivity index (χ4v) is 1.79. The summed E-state index contributed by atoms with van der Waals surface area (Å²) >= 11 is 0. The van der Waals surface area contributed by atoms with Gasteiger partial charge in [0.05, 0.1) is 6.61 Å². The molecule has 0 aliphatic rings. The van der Waals surface area contributed by atoms with Crippen molar-refractivity contribution in [3.8, 4) is 11.3 Å². The molecule has 0 unspecified atom stereocenters. The van der Waals surface area contributed by atoms with Crippen molar-refractivity contribution < 1.29 is 18.7 Å². The van der Waals surface area contributed by atoms with Crippen LogP contribution in [0.25, 0.3) is 17.4 Å². The van der Waals surface area contributed by atoms with Gasteiger partial charge in [0, 0.05) is 11.6 Å². The second-order valence-corrected chi connectivity index (χ2v) is 4.42. The van der Waals surface area contributed by atoms with Gasteiger partial charge in [-0.25, -0.2) is 0 Å². The first-order chi connectivity index (χ1) is 10.7. The molecule has 1 aromatic heterocycles. The largest absolute Gasteiger partial charge is 0.465 e. The number of esters is 1. The van der Waals surface area contributed by atoms with Gasteiger partial charge >= 0.3 is 5.97 Å². The highest BCUT2D eigenvalue weighted by atomic mass is 16.5. The third-order valence-corrected chi connectivity index (χ3v) is 2.80. The van der Waals surface area contributed by atoms with Crippen LogP contribution in [0.15, 0.2) is 53.0 Å². The minimum Gasteiger partial charge on any atom is -0.465 e. The Balaban J connectivity index is 1.90. The van der Waals surface area contributed by atoms with E-state index in [2.05, 4.69) is 5.32 Å². The van der Waals surface area contributed by atoms with Crippen LogP contribution in [0, 0.1) is 0 Å². The van der Waals surface area contributed by atoms with E-state index in [1.165, 1.54) is 6.08 Å². The smallest absolute Gasteiger partial charge is 0.325 e. The van der Waals surface area contributed by atoms with Gasteiger partial charge in [0.15, 0.2) is 0 Å². The molecule has 0 fully saturated rings. The van der Waals surface area contributed by atoms with Crippen LogP contribution >= 0.6 is 0 Å². The van der Waals surface area contributed by atoms with Gasteiger partial charge in [0.25, 0.3) is 0 Å². The molecule has 5 heteroatoms. The first kappa shape index (κ1) is 15.6. The Bertz CT molecular complexity index is 658. The Morgan fingerprint density at radius 1 is 1.18 bits per heavy atom. The first-order valence-corrected chi connectivity index (χ1v) is 6.96. The molecular formula is C17H17NO4. The zero-order chi connectivity index (χ0) is 15.8. The zero-order valence-corrected chi connectivity index (χ0v) is 12.2. The summed E-state index contributed by atoms with van der Waals surface area (Å²) in [5.41, 5.74) is 0.967. The molecule has 2 rings (SSSR count). The van der Waals surface area contributed by atoms with Gasteiger partial charge in [-0.2, -0.15) is 0 Å². The fourth-order valence-electron chi connectivity index (χ4n) is 1.79. The number of hydrogen-bond acceptors (Lipinski definition) is 4. The lowest BCUT2D eigenvalue weighted by Crippen LogP contribution is -2.29. The highest BCUT2D eigenvalue weighted by molar-refractivity contribution is 5.93. The SMILES string of the molecule is CCOC(=O)CNC(=O)/C=C/c1ccc(-c2ccccc2)o1. The molecule has 1 heterocycles. The van der Waals surface area contributed by atoms with E-state index in [1.807, 2.05) is 36.4 Å². The Morgan fingerprint density at radius 3 is 2.68 bits per heavy atom. The lowest BCUT2D eigenvalue weighted by Gasteiger charge is -2.01. The summed E-state index contributed by atoms with van der Waals surface area (Å²) in [5, 5.41) is 2.43. The van der Waals surface area contributed by atoms with Crippen molar-refractivity contribution in [2.45, 2.75) is 6.92 Å². The second kappa shape index (κ2) is 7.83. The molecule has 0 aliphatic carbocycles. The van der Waals surface area contributed by atoms with Crippen LogP contribution in [0.3, 0.4) is 0 Å². The Hall–Kier alpha value is -2.82. The maximum absolute atomic E-state index is 11.6. The molecule has 22 heavy (non-hydrogen) atoms. The fraction of sp³-hybridized carbons (Fsp3) is 0.176. The van der Waals surface area contributed by atoms with Gasteiger partial charge in [0.1, 0.15) is 18.1 Å². The van der Waals surface area contributed by atoms with E-state index in [4.69, 9.17) is 9.15 Å². The van der Waals surface area contributed by atoms with Crippen molar-refractivity contribution in [2.24, 2.45) is 0 Å². The second-order valence-electron chi connectivity index (χ2n) is 4.42. The van der Waals surface area contributed by atoms with Crippen molar-refractivity contribution in [3.05, 3.63) is 54.3 Å². The minimum atomic E-state index is -0.464. The lowest BCUT2D eigenvalue weighted by atomic mass is 10.2. The molecule has 0 saturated carbocycles. The molecule has 114 valence electrons. The van der Waals surface area contributed by atoms with Crippen molar-refractivity contribution >= 4 is 18.0 Å². The number of hydrogen-bond donors (Lipinski definition) is 1. The molecule has 0 spiro atoms. The predicted octanol–water partition coefficient (Wildman–Crippen LogP) is 2.64. The maximum Gasteiger partial charge on any atom is 0.325 e. The predicted molar refractivity (Wildman–Crippen MR) is 82.8 cm³/mol. The van der Waals surface area contributed by atoms with Gasteiger partial charge < -0.3 is 14.5 Å². The summed E-state index contributed by atoms with van der Waals surface area (Å²) in [6.07, 6.45) is 2.86. The third kappa shape index (κ3) is 4.63. The normalized spacial score (nSPS) is 10.6. The molecule has 0 saturated heterocycles. The van der Waals surface area contributed by atoms with Crippen LogP contribution in [-0.4, -0.2) is 25.0 Å². The number of amides is 1. The van der Waals surface area contributed by atoms with Gasteiger partial charge in [-0.05, 0) is 25.1 Å². The molecule has 1 aromatic carbocycles. The summed E-state index contributed by atoms with van der Waals surface area (Å²) in [5.74, 6) is 0.441. The molecular weight excluding hydrogens is 282 g/mol. The van der Waals surface area contributed by atoms with E-state index < -0.39 is 5.97 Å². The Morgan fingerprint density at radius 2 is 1.95 bits per heavy atom. The number of furan rings is 1. The molecule has 0 radical (unpaired) electrons. The molecule has 1 amide bonds. The maximum atomic E-state index is 11.6. The number of rotatable bonds is 6. The Kier molecular flexibility index (Phi) is 5.54. The number of benzene rings is 1. The van der Waals surface area contributed by atoms with Crippen LogP contribution in [0.5, 0.6) is 0 Å². The molecule has 2 aromatic rings. The summed E-state index contributed by atoms with van der Waals surface area (Å²) in [6.45, 7) is 1.85. The van der Waals surface area contributed by atoms with Crippen LogP contribution < -0.4 is 5.32 Å². The molecule has 1 N–H and O–H groups in total. The zero-order valence-electron chi connectivity index (χ0n) is 12.2. The first-order valence-electron chi connectivity index (χ1n) is 6.96. The van der Waals surface area contributed by atoms with E-state index >= 15 is 0 Å². The van der Waals surface area contributed by atoms with E-state index in [-0.39, 0.29) is 12.5 Å². The van der Waals surface area contributed by atoms with E-state index in [9.17, 15) is 9.59 Å². The van der Waals surface area contributed by atoms with Crippen molar-refractivity contribution in [3.63, 3.8) is 0 Å². The third-order valence-electron chi connectivity index (χ3n) is 2.80. The summed E-state index contributed by atoms with van der Waals surface area (Å²) in [6, 6.07) is 13.3. The van der Waals surface area contributed by atoms with Gasteiger partial charge in [-0.1, -0.05) is 30.3 Å². The standard InChI is InChI=1S/C17H17NO4/c1-2-21-17(20)12-18-16(19)11-9-14-8-10-15(22-14)13-6-4-3-5-7-13/h3-11H,2,12H2,1H3,(H,18,19)/b11-9+. The number of carbonyl (C=O) groups is 2. The summed E-state index contributed by atoms with van der Waals surface area (Å²) in [7, 11) is 0. The topological polar surface area (TPSA) is 68.5 Å². The van der Waals surface area contributed by atoms with Crippen LogP contribution in [0.1, 0.15) is 12.7 Å². The lowest BCUT2D eigenvalue weighted by molar-refractivity contribution is -0.143. The van der Waals surface area contributed by atoms with E-state index in [0.717, 1.165) is 11.3 Å². The monoisotopic (exact) mass is 299 g/mol. The molecule has 0 bridgehead atoms.